The van der Waals surface area contributed by atoms with Crippen LogP contribution in [0.5, 0.6) is 0 Å². The molecule has 0 aliphatic rings. The molecular formula is C23H24O8. The van der Waals surface area contributed by atoms with E-state index in [1.54, 1.807) is 48.5 Å². The zero-order chi connectivity index (χ0) is 22.7. The summed E-state index contributed by atoms with van der Waals surface area (Å²) in [4.78, 5) is 35.2. The summed E-state index contributed by atoms with van der Waals surface area (Å²) in [5, 5.41) is 21.1. The number of benzene rings is 2. The number of ether oxygens (including phenoxy) is 3. The number of aliphatic hydroxyl groups is 2. The largest absolute Gasteiger partial charge is 0.463 e. The fourth-order valence-electron chi connectivity index (χ4n) is 2.43. The molecule has 0 unspecified atom stereocenters. The van der Waals surface area contributed by atoms with E-state index in [0.29, 0.717) is 5.56 Å². The fraction of sp³-hybridized carbons (Fsp3) is 0.261. The van der Waals surface area contributed by atoms with Gasteiger partial charge in [-0.3, -0.25) is 4.79 Å². The summed E-state index contributed by atoms with van der Waals surface area (Å²) in [6.45, 7) is -0.275. The molecule has 8 heteroatoms. The van der Waals surface area contributed by atoms with Crippen LogP contribution in [0.4, 0.5) is 0 Å². The predicted octanol–water partition coefficient (Wildman–Crippen LogP) is 1.91. The Labute approximate surface area is 179 Å². The second-order valence-corrected chi connectivity index (χ2v) is 6.66. The molecule has 0 aromatic heterocycles. The lowest BCUT2D eigenvalue weighted by molar-refractivity contribution is -0.161. The molecule has 0 spiro atoms. The Bertz CT molecular complexity index is 894. The Kier molecular flexibility index (Phi) is 8.93. The van der Waals surface area contributed by atoms with Crippen molar-refractivity contribution < 1.29 is 38.8 Å². The highest BCUT2D eigenvalue weighted by molar-refractivity contribution is 5.89. The van der Waals surface area contributed by atoms with Crippen LogP contribution in [0.3, 0.4) is 0 Å². The summed E-state index contributed by atoms with van der Waals surface area (Å²) in [5.74, 6) is -1.94. The molecule has 2 N–H and O–H groups in total. The maximum Gasteiger partial charge on any atom is 0.338 e. The van der Waals surface area contributed by atoms with E-state index < -0.39 is 42.8 Å². The van der Waals surface area contributed by atoms with Crippen LogP contribution in [0.25, 0.3) is 0 Å². The molecule has 0 saturated carbocycles. The highest BCUT2D eigenvalue weighted by Crippen LogP contribution is 2.16. The lowest BCUT2D eigenvalue weighted by atomic mass is 9.98. The summed E-state index contributed by atoms with van der Waals surface area (Å²) < 4.78 is 15.0. The number of esters is 3. The van der Waals surface area contributed by atoms with Gasteiger partial charge in [0, 0.05) is 6.92 Å². The molecule has 0 saturated heterocycles. The van der Waals surface area contributed by atoms with Gasteiger partial charge in [-0.15, -0.1) is 0 Å². The minimum Gasteiger partial charge on any atom is -0.463 e. The normalized spacial score (nSPS) is 13.8. The van der Waals surface area contributed by atoms with Crippen molar-refractivity contribution in [3.63, 3.8) is 0 Å². The molecule has 0 aliphatic carbocycles. The van der Waals surface area contributed by atoms with Gasteiger partial charge in [0.1, 0.15) is 25.9 Å². The highest BCUT2D eigenvalue weighted by atomic mass is 16.6. The molecule has 0 fully saturated rings. The maximum absolute atomic E-state index is 12.1. The van der Waals surface area contributed by atoms with Crippen LogP contribution in [0.1, 0.15) is 27.6 Å². The van der Waals surface area contributed by atoms with E-state index in [4.69, 9.17) is 14.2 Å². The minimum atomic E-state index is -2.10. The highest BCUT2D eigenvalue weighted by Gasteiger charge is 2.37. The van der Waals surface area contributed by atoms with Gasteiger partial charge in [-0.25, -0.2) is 9.59 Å². The summed E-state index contributed by atoms with van der Waals surface area (Å²) in [6.07, 6.45) is 0.910. The molecule has 164 valence electrons. The van der Waals surface area contributed by atoms with Crippen LogP contribution >= 0.6 is 0 Å². The number of carbonyl (C=O) groups is 3. The smallest absolute Gasteiger partial charge is 0.338 e. The van der Waals surface area contributed by atoms with Crippen LogP contribution in [-0.4, -0.2) is 59.6 Å². The first-order chi connectivity index (χ1) is 14.8. The third-order valence-corrected chi connectivity index (χ3v) is 4.18. The van der Waals surface area contributed by atoms with Gasteiger partial charge in [0.2, 0.25) is 0 Å². The van der Waals surface area contributed by atoms with Crippen molar-refractivity contribution >= 4 is 17.9 Å². The SMILES string of the molecule is CC(=O)OC[C@](O)(COC(=O)c1ccccc1)[C@@H](O)/C=C\COC(=O)c1ccccc1. The minimum absolute atomic E-state index is 0.168. The fourth-order valence-corrected chi connectivity index (χ4v) is 2.43. The van der Waals surface area contributed by atoms with Gasteiger partial charge in [-0.1, -0.05) is 42.5 Å². The molecule has 0 radical (unpaired) electrons. The van der Waals surface area contributed by atoms with Crippen molar-refractivity contribution in [3.8, 4) is 0 Å². The number of carbonyl (C=O) groups excluding carboxylic acids is 3. The van der Waals surface area contributed by atoms with E-state index in [0.717, 1.165) is 13.0 Å². The van der Waals surface area contributed by atoms with Gasteiger partial charge in [0.15, 0.2) is 5.60 Å². The molecule has 0 amide bonds. The molecule has 2 atom stereocenters. The first kappa shape index (κ1) is 23.8. The summed E-state index contributed by atoms with van der Waals surface area (Å²) >= 11 is 0. The second-order valence-electron chi connectivity index (χ2n) is 6.66. The summed E-state index contributed by atoms with van der Waals surface area (Å²) in [6, 6.07) is 16.4. The Morgan fingerprint density at radius 3 is 1.87 bits per heavy atom. The van der Waals surface area contributed by atoms with Gasteiger partial charge < -0.3 is 24.4 Å². The van der Waals surface area contributed by atoms with E-state index in [9.17, 15) is 24.6 Å². The van der Waals surface area contributed by atoms with Crippen molar-refractivity contribution in [2.24, 2.45) is 0 Å². The zero-order valence-electron chi connectivity index (χ0n) is 17.0. The van der Waals surface area contributed by atoms with Gasteiger partial charge in [0.05, 0.1) is 11.1 Å². The molecule has 2 rings (SSSR count). The zero-order valence-corrected chi connectivity index (χ0v) is 17.0. The molecule has 8 nitrogen and oxygen atoms in total. The first-order valence-electron chi connectivity index (χ1n) is 9.46. The Morgan fingerprint density at radius 1 is 0.871 bits per heavy atom. The Balaban J connectivity index is 1.96. The lowest BCUT2D eigenvalue weighted by Gasteiger charge is -2.30. The van der Waals surface area contributed by atoms with Crippen LogP contribution < -0.4 is 0 Å². The average Bonchev–Trinajstić information content (AvgIpc) is 2.79. The lowest BCUT2D eigenvalue weighted by Crippen LogP contribution is -2.50. The third-order valence-electron chi connectivity index (χ3n) is 4.18. The first-order valence-corrected chi connectivity index (χ1v) is 9.46. The Hall–Kier alpha value is -3.49. The number of hydrogen-bond donors (Lipinski definition) is 2. The molecule has 31 heavy (non-hydrogen) atoms. The van der Waals surface area contributed by atoms with E-state index in [1.807, 2.05) is 0 Å². The number of aliphatic hydroxyl groups excluding tert-OH is 1. The molecular weight excluding hydrogens is 404 g/mol. The summed E-state index contributed by atoms with van der Waals surface area (Å²) in [5.41, 5.74) is -1.47. The Morgan fingerprint density at radius 2 is 1.35 bits per heavy atom. The molecule has 0 bridgehead atoms. The number of rotatable bonds is 10. The van der Waals surface area contributed by atoms with Crippen molar-refractivity contribution in [1.29, 1.82) is 0 Å². The van der Waals surface area contributed by atoms with Gasteiger partial charge in [0.25, 0.3) is 0 Å². The molecule has 2 aromatic carbocycles. The standard InChI is InChI=1S/C23H24O8/c1-17(24)30-15-23(28,16-31-22(27)19-11-6-3-7-12-19)20(25)13-8-14-29-21(26)18-9-4-2-5-10-18/h2-13,20,25,28H,14-16H2,1H3/b13-8-/t20-,23-/m0/s1. The molecule has 0 aliphatic heterocycles. The second kappa shape index (κ2) is 11.6. The quantitative estimate of drug-likeness (QED) is 0.335. The number of hydrogen-bond acceptors (Lipinski definition) is 8. The predicted molar refractivity (Wildman–Crippen MR) is 110 cm³/mol. The van der Waals surface area contributed by atoms with Crippen molar-refractivity contribution in [2.45, 2.75) is 18.6 Å². The van der Waals surface area contributed by atoms with Crippen molar-refractivity contribution in [3.05, 3.63) is 83.9 Å². The summed E-state index contributed by atoms with van der Waals surface area (Å²) in [7, 11) is 0. The van der Waals surface area contributed by atoms with Gasteiger partial charge in [-0.05, 0) is 30.3 Å². The van der Waals surface area contributed by atoms with E-state index >= 15 is 0 Å². The van der Waals surface area contributed by atoms with Crippen molar-refractivity contribution in [2.75, 3.05) is 19.8 Å². The monoisotopic (exact) mass is 428 g/mol. The third kappa shape index (κ3) is 7.69. The van der Waals surface area contributed by atoms with E-state index in [2.05, 4.69) is 0 Å². The van der Waals surface area contributed by atoms with Crippen LogP contribution in [0.2, 0.25) is 0 Å². The van der Waals surface area contributed by atoms with E-state index in [-0.39, 0.29) is 12.2 Å². The van der Waals surface area contributed by atoms with Gasteiger partial charge >= 0.3 is 17.9 Å². The van der Waals surface area contributed by atoms with Gasteiger partial charge in [-0.2, -0.15) is 0 Å². The molecule has 0 heterocycles. The van der Waals surface area contributed by atoms with Crippen molar-refractivity contribution in [1.82, 2.24) is 0 Å². The average molecular weight is 428 g/mol. The van der Waals surface area contributed by atoms with Crippen LogP contribution in [-0.2, 0) is 19.0 Å². The van der Waals surface area contributed by atoms with Crippen LogP contribution in [0, 0.1) is 0 Å². The van der Waals surface area contributed by atoms with Crippen LogP contribution in [0.15, 0.2) is 72.8 Å². The van der Waals surface area contributed by atoms with E-state index in [1.165, 1.54) is 18.2 Å². The molecule has 2 aromatic rings. The topological polar surface area (TPSA) is 119 Å². The maximum atomic E-state index is 12.1.